The second kappa shape index (κ2) is 11.8. The summed E-state index contributed by atoms with van der Waals surface area (Å²) in [5, 5.41) is 11.4. The molecule has 1 N–H and O–H groups in total. The minimum Gasteiger partial charge on any atom is -0.497 e. The van der Waals surface area contributed by atoms with Crippen molar-refractivity contribution in [2.75, 3.05) is 31.4 Å². The van der Waals surface area contributed by atoms with Gasteiger partial charge in [0.2, 0.25) is 11.8 Å². The maximum absolute atomic E-state index is 13.8. The fraction of sp³-hybridized carbons (Fsp3) is 0.310. The quantitative estimate of drug-likeness (QED) is 0.341. The number of rotatable bonds is 10. The summed E-state index contributed by atoms with van der Waals surface area (Å²) in [6, 6.07) is 21.9. The molecule has 1 unspecified atom stereocenters. The number of aromatic nitrogens is 3. The molecule has 4 rings (SSSR count). The van der Waals surface area contributed by atoms with Gasteiger partial charge in [0.05, 0.1) is 12.6 Å². The van der Waals surface area contributed by atoms with E-state index in [4.69, 9.17) is 4.74 Å². The van der Waals surface area contributed by atoms with E-state index in [0.29, 0.717) is 11.2 Å². The standard InChI is InChI=1S/C29H34N6O3/c1-20(2)28(29(37)30-22-12-14-23(15-13-22)33(3)4)34(18-21-10-16-24(38-5)17-11-21)27(36)19-35-26-9-7-6-8-25(26)31-32-35/h6-17,20,28H,18-19H2,1-5H3,(H,30,37). The average molecular weight is 515 g/mol. The van der Waals surface area contributed by atoms with Crippen LogP contribution >= 0.6 is 0 Å². The predicted octanol–water partition coefficient (Wildman–Crippen LogP) is 4.20. The molecule has 1 atom stereocenters. The summed E-state index contributed by atoms with van der Waals surface area (Å²) in [6.45, 7) is 4.10. The third-order valence-electron chi connectivity index (χ3n) is 6.42. The second-order valence-electron chi connectivity index (χ2n) is 9.72. The maximum Gasteiger partial charge on any atom is 0.247 e. The van der Waals surface area contributed by atoms with Crippen LogP contribution in [0.15, 0.2) is 72.8 Å². The molecule has 0 aliphatic heterocycles. The fourth-order valence-electron chi connectivity index (χ4n) is 4.39. The average Bonchev–Trinajstić information content (AvgIpc) is 3.31. The molecule has 0 aliphatic carbocycles. The van der Waals surface area contributed by atoms with E-state index >= 15 is 0 Å². The molecule has 0 saturated carbocycles. The molecule has 0 fully saturated rings. The first kappa shape index (κ1) is 26.7. The molecule has 1 aromatic heterocycles. The van der Waals surface area contributed by atoms with Crippen LogP contribution in [-0.4, -0.2) is 59.0 Å². The van der Waals surface area contributed by atoms with Gasteiger partial charge in [-0.05, 0) is 60.0 Å². The van der Waals surface area contributed by atoms with Gasteiger partial charge >= 0.3 is 0 Å². The van der Waals surface area contributed by atoms with Crippen LogP contribution in [-0.2, 0) is 22.7 Å². The van der Waals surface area contributed by atoms with Crippen molar-refractivity contribution in [3.63, 3.8) is 0 Å². The Labute approximate surface area is 223 Å². The summed E-state index contributed by atoms with van der Waals surface area (Å²) in [5.74, 6) is 0.0990. The number of carbonyl (C=O) groups excluding carboxylic acids is 2. The lowest BCUT2D eigenvalue weighted by Gasteiger charge is -2.33. The summed E-state index contributed by atoms with van der Waals surface area (Å²) in [7, 11) is 5.53. The van der Waals surface area contributed by atoms with Gasteiger partial charge in [-0.15, -0.1) is 5.10 Å². The lowest BCUT2D eigenvalue weighted by molar-refractivity contribution is -0.141. The van der Waals surface area contributed by atoms with E-state index in [0.717, 1.165) is 22.5 Å². The molecule has 0 radical (unpaired) electrons. The number of hydrogen-bond donors (Lipinski definition) is 1. The minimum atomic E-state index is -0.715. The van der Waals surface area contributed by atoms with Crippen LogP contribution in [0.4, 0.5) is 11.4 Å². The Morgan fingerprint density at radius 2 is 1.66 bits per heavy atom. The van der Waals surface area contributed by atoms with Crippen molar-refractivity contribution in [1.29, 1.82) is 0 Å². The van der Waals surface area contributed by atoms with E-state index in [1.165, 1.54) is 0 Å². The summed E-state index contributed by atoms with van der Waals surface area (Å²) >= 11 is 0. The third-order valence-corrected chi connectivity index (χ3v) is 6.42. The van der Waals surface area contributed by atoms with Crippen LogP contribution in [0, 0.1) is 5.92 Å². The lowest BCUT2D eigenvalue weighted by atomic mass is 10.00. The van der Waals surface area contributed by atoms with Gasteiger partial charge in [-0.25, -0.2) is 4.68 Å². The largest absolute Gasteiger partial charge is 0.497 e. The first-order chi connectivity index (χ1) is 18.3. The molecule has 38 heavy (non-hydrogen) atoms. The molecule has 9 heteroatoms. The normalized spacial score (nSPS) is 11.8. The Balaban J connectivity index is 1.63. The monoisotopic (exact) mass is 514 g/mol. The SMILES string of the molecule is COc1ccc(CN(C(=O)Cn2nnc3ccccc32)C(C(=O)Nc2ccc(N(C)C)cc2)C(C)C)cc1. The van der Waals surface area contributed by atoms with Crippen molar-refractivity contribution in [1.82, 2.24) is 19.9 Å². The number of methoxy groups -OCH3 is 1. The van der Waals surface area contributed by atoms with Gasteiger partial charge in [0.25, 0.3) is 0 Å². The number of anilines is 2. The molecule has 3 aromatic carbocycles. The highest BCUT2D eigenvalue weighted by Gasteiger charge is 2.33. The lowest BCUT2D eigenvalue weighted by Crippen LogP contribution is -2.50. The molecular weight excluding hydrogens is 480 g/mol. The Hall–Kier alpha value is -4.40. The van der Waals surface area contributed by atoms with Crippen LogP contribution in [0.2, 0.25) is 0 Å². The van der Waals surface area contributed by atoms with E-state index in [9.17, 15) is 9.59 Å². The molecule has 0 spiro atoms. The second-order valence-corrected chi connectivity index (χ2v) is 9.72. The zero-order valence-corrected chi connectivity index (χ0v) is 22.5. The van der Waals surface area contributed by atoms with Gasteiger partial charge in [-0.2, -0.15) is 0 Å². The molecule has 0 bridgehead atoms. The van der Waals surface area contributed by atoms with Gasteiger partial charge in [0.15, 0.2) is 0 Å². The maximum atomic E-state index is 13.8. The molecule has 0 saturated heterocycles. The first-order valence-electron chi connectivity index (χ1n) is 12.6. The highest BCUT2D eigenvalue weighted by molar-refractivity contribution is 5.97. The van der Waals surface area contributed by atoms with Crippen molar-refractivity contribution in [3.8, 4) is 5.75 Å². The van der Waals surface area contributed by atoms with Crippen LogP contribution in [0.5, 0.6) is 5.75 Å². The van der Waals surface area contributed by atoms with Crippen molar-refractivity contribution >= 4 is 34.2 Å². The van der Waals surface area contributed by atoms with Crippen LogP contribution < -0.4 is 15.0 Å². The number of nitrogens with zero attached hydrogens (tertiary/aromatic N) is 5. The molecule has 198 valence electrons. The van der Waals surface area contributed by atoms with Crippen molar-refractivity contribution < 1.29 is 14.3 Å². The summed E-state index contributed by atoms with van der Waals surface area (Å²) in [4.78, 5) is 31.1. The zero-order valence-electron chi connectivity index (χ0n) is 22.5. The highest BCUT2D eigenvalue weighted by atomic mass is 16.5. The predicted molar refractivity (Wildman–Crippen MR) is 149 cm³/mol. The fourth-order valence-corrected chi connectivity index (χ4v) is 4.39. The Morgan fingerprint density at radius 3 is 2.29 bits per heavy atom. The van der Waals surface area contributed by atoms with Crippen molar-refractivity contribution in [3.05, 3.63) is 78.4 Å². The molecule has 2 amide bonds. The van der Waals surface area contributed by atoms with E-state index in [1.807, 2.05) is 106 Å². The number of hydrogen-bond acceptors (Lipinski definition) is 6. The molecule has 4 aromatic rings. The van der Waals surface area contributed by atoms with Gasteiger partial charge in [0.1, 0.15) is 23.9 Å². The van der Waals surface area contributed by atoms with Crippen LogP contribution in [0.3, 0.4) is 0 Å². The highest BCUT2D eigenvalue weighted by Crippen LogP contribution is 2.22. The van der Waals surface area contributed by atoms with E-state index in [2.05, 4.69) is 15.6 Å². The minimum absolute atomic E-state index is 0.0370. The van der Waals surface area contributed by atoms with Crippen LogP contribution in [0.1, 0.15) is 19.4 Å². The third kappa shape index (κ3) is 6.11. The topological polar surface area (TPSA) is 92.6 Å². The molecule has 9 nitrogen and oxygen atoms in total. The Bertz CT molecular complexity index is 1380. The smallest absolute Gasteiger partial charge is 0.247 e. The van der Waals surface area contributed by atoms with Crippen LogP contribution in [0.25, 0.3) is 11.0 Å². The number of benzene rings is 3. The Kier molecular flexibility index (Phi) is 8.25. The number of fused-ring (bicyclic) bond motifs is 1. The van der Waals surface area contributed by atoms with E-state index in [-0.39, 0.29) is 30.8 Å². The number of ether oxygens (including phenoxy) is 1. The first-order valence-corrected chi connectivity index (χ1v) is 12.6. The Morgan fingerprint density at radius 1 is 0.974 bits per heavy atom. The molecular formula is C29H34N6O3. The van der Waals surface area contributed by atoms with Crippen molar-refractivity contribution in [2.24, 2.45) is 5.92 Å². The summed E-state index contributed by atoms with van der Waals surface area (Å²) in [6.07, 6.45) is 0. The molecule has 1 heterocycles. The summed E-state index contributed by atoms with van der Waals surface area (Å²) in [5.41, 5.74) is 4.06. The number of amides is 2. The van der Waals surface area contributed by atoms with E-state index in [1.54, 1.807) is 16.7 Å². The number of carbonyl (C=O) groups is 2. The molecule has 0 aliphatic rings. The summed E-state index contributed by atoms with van der Waals surface area (Å²) < 4.78 is 6.86. The van der Waals surface area contributed by atoms with Gasteiger partial charge in [-0.3, -0.25) is 9.59 Å². The van der Waals surface area contributed by atoms with E-state index < -0.39 is 6.04 Å². The van der Waals surface area contributed by atoms with Crippen molar-refractivity contribution in [2.45, 2.75) is 33.0 Å². The van der Waals surface area contributed by atoms with Gasteiger partial charge in [-0.1, -0.05) is 43.3 Å². The number of para-hydroxylation sites is 1. The zero-order chi connectivity index (χ0) is 27.2. The van der Waals surface area contributed by atoms with Gasteiger partial charge in [0, 0.05) is 32.0 Å². The van der Waals surface area contributed by atoms with Gasteiger partial charge < -0.3 is 19.9 Å². The number of nitrogens with one attached hydrogen (secondary N) is 1.